The molecule has 28 heavy (non-hydrogen) atoms. The number of H-pyrrole nitrogens is 1. The van der Waals surface area contributed by atoms with Gasteiger partial charge in [0.15, 0.2) is 11.7 Å². The van der Waals surface area contributed by atoms with Crippen molar-refractivity contribution in [2.45, 2.75) is 24.4 Å². The van der Waals surface area contributed by atoms with E-state index in [1.165, 1.54) is 18.9 Å². The highest BCUT2D eigenvalue weighted by Gasteiger charge is 2.23. The molecule has 0 aliphatic heterocycles. The van der Waals surface area contributed by atoms with E-state index >= 15 is 0 Å². The summed E-state index contributed by atoms with van der Waals surface area (Å²) in [6.45, 7) is 1.88. The van der Waals surface area contributed by atoms with E-state index in [-0.39, 0.29) is 12.1 Å². The van der Waals surface area contributed by atoms with Gasteiger partial charge in [0, 0.05) is 11.9 Å². The fourth-order valence-electron chi connectivity index (χ4n) is 3.02. The van der Waals surface area contributed by atoms with Crippen LogP contribution in [0.2, 0.25) is 0 Å². The molecular formula is C19H18N5O3S+. The number of imidazole rings is 1. The van der Waals surface area contributed by atoms with Crippen LogP contribution in [0.1, 0.15) is 11.4 Å². The summed E-state index contributed by atoms with van der Waals surface area (Å²) >= 11 is 1.40. The molecule has 0 unspecified atom stereocenters. The number of aromatic amines is 1. The highest BCUT2D eigenvalue weighted by Crippen LogP contribution is 2.18. The van der Waals surface area contributed by atoms with Gasteiger partial charge in [-0.25, -0.2) is 24.3 Å². The molecule has 0 fully saturated rings. The number of para-hydroxylation sites is 2. The lowest BCUT2D eigenvalue weighted by Gasteiger charge is -2.08. The SMILES string of the molecule is COC(=O)C[n+]1c(CSc2nccc(C)n2)cc(=O)n2c3ccccc3[nH]c21. The molecule has 0 aliphatic carbocycles. The fraction of sp³-hybridized carbons (Fsp3) is 0.211. The average molecular weight is 396 g/mol. The number of carbonyl (C=O) groups is 1. The summed E-state index contributed by atoms with van der Waals surface area (Å²) in [6, 6.07) is 10.9. The first-order valence-electron chi connectivity index (χ1n) is 8.61. The summed E-state index contributed by atoms with van der Waals surface area (Å²) in [5, 5.41) is 0.612. The van der Waals surface area contributed by atoms with Gasteiger partial charge in [-0.05, 0) is 25.1 Å². The van der Waals surface area contributed by atoms with E-state index in [1.807, 2.05) is 37.3 Å². The van der Waals surface area contributed by atoms with Crippen molar-refractivity contribution in [3.63, 3.8) is 0 Å². The standard InChI is InChI=1S/C19H17N5O3S/c1-12-7-8-20-18(21-12)28-11-13-9-16(25)24-15-6-4-3-5-14(15)22-19(24)23(13)10-17(26)27-2/h3-9H,10-11H2,1-2H3/p+1. The molecule has 4 rings (SSSR count). The first-order chi connectivity index (χ1) is 13.6. The number of hydrogen-bond donors (Lipinski definition) is 1. The molecule has 0 bridgehead atoms. The smallest absolute Gasteiger partial charge is 0.371 e. The number of hydrogen-bond acceptors (Lipinski definition) is 6. The largest absolute Gasteiger partial charge is 0.467 e. The van der Waals surface area contributed by atoms with Gasteiger partial charge in [0.1, 0.15) is 11.0 Å². The molecule has 0 radical (unpaired) electrons. The topological polar surface area (TPSA) is 93.2 Å². The normalized spacial score (nSPS) is 11.2. The number of benzene rings is 1. The molecule has 4 aromatic rings. The van der Waals surface area contributed by atoms with Gasteiger partial charge in [-0.1, -0.05) is 23.9 Å². The Bertz CT molecular complexity index is 1250. The Hall–Kier alpha value is -3.20. The molecule has 0 amide bonds. The summed E-state index contributed by atoms with van der Waals surface area (Å²) in [5.41, 5.74) is 2.94. The highest BCUT2D eigenvalue weighted by atomic mass is 32.2. The number of rotatable bonds is 5. The van der Waals surface area contributed by atoms with Crippen molar-refractivity contribution in [1.82, 2.24) is 19.4 Å². The van der Waals surface area contributed by atoms with Gasteiger partial charge in [-0.2, -0.15) is 4.40 Å². The number of aromatic nitrogens is 5. The second kappa shape index (κ2) is 7.43. The Labute approximate surface area is 164 Å². The van der Waals surface area contributed by atoms with E-state index in [0.717, 1.165) is 16.7 Å². The van der Waals surface area contributed by atoms with Crippen LogP contribution >= 0.6 is 11.8 Å². The van der Waals surface area contributed by atoms with Crippen LogP contribution in [0.25, 0.3) is 16.8 Å². The summed E-state index contributed by atoms with van der Waals surface area (Å²) in [5.74, 6) is 0.559. The quantitative estimate of drug-likeness (QED) is 0.239. The van der Waals surface area contributed by atoms with Crippen LogP contribution in [-0.4, -0.2) is 32.4 Å². The minimum absolute atomic E-state index is 0.0162. The average Bonchev–Trinajstić information content (AvgIpc) is 3.09. The van der Waals surface area contributed by atoms with Crippen LogP contribution in [0.4, 0.5) is 0 Å². The van der Waals surface area contributed by atoms with Crippen molar-refractivity contribution in [3.8, 4) is 0 Å². The van der Waals surface area contributed by atoms with Gasteiger partial charge in [0.05, 0.1) is 24.6 Å². The predicted molar refractivity (Wildman–Crippen MR) is 104 cm³/mol. The van der Waals surface area contributed by atoms with Gasteiger partial charge in [0.25, 0.3) is 0 Å². The van der Waals surface area contributed by atoms with E-state index < -0.39 is 5.97 Å². The number of methoxy groups -OCH3 is 1. The Morgan fingerprint density at radius 3 is 2.93 bits per heavy atom. The Kier molecular flexibility index (Phi) is 4.82. The molecule has 0 spiro atoms. The third-order valence-corrected chi connectivity index (χ3v) is 5.25. The number of ether oxygens (including phenoxy) is 1. The van der Waals surface area contributed by atoms with E-state index in [0.29, 0.717) is 22.4 Å². The summed E-state index contributed by atoms with van der Waals surface area (Å²) < 4.78 is 8.17. The van der Waals surface area contributed by atoms with Gasteiger partial charge in [-0.3, -0.25) is 4.79 Å². The van der Waals surface area contributed by atoms with Gasteiger partial charge >= 0.3 is 17.3 Å². The Morgan fingerprint density at radius 2 is 2.14 bits per heavy atom. The Balaban J connectivity index is 1.84. The number of nitrogens with one attached hydrogen (secondary N) is 1. The maximum Gasteiger partial charge on any atom is 0.371 e. The second-order valence-electron chi connectivity index (χ2n) is 6.21. The molecular weight excluding hydrogens is 378 g/mol. The number of fused-ring (bicyclic) bond motifs is 3. The number of esters is 1. The molecule has 1 aromatic carbocycles. The monoisotopic (exact) mass is 396 g/mol. The molecule has 3 heterocycles. The second-order valence-corrected chi connectivity index (χ2v) is 7.15. The molecule has 0 aliphatic rings. The van der Waals surface area contributed by atoms with Crippen molar-refractivity contribution < 1.29 is 14.1 Å². The van der Waals surface area contributed by atoms with Crippen LogP contribution in [0.15, 0.2) is 52.5 Å². The van der Waals surface area contributed by atoms with Crippen LogP contribution in [0.3, 0.4) is 0 Å². The van der Waals surface area contributed by atoms with Crippen molar-refractivity contribution in [3.05, 3.63) is 64.3 Å². The first-order valence-corrected chi connectivity index (χ1v) is 9.60. The van der Waals surface area contributed by atoms with Crippen molar-refractivity contribution in [1.29, 1.82) is 0 Å². The van der Waals surface area contributed by atoms with Crippen molar-refractivity contribution in [2.75, 3.05) is 7.11 Å². The zero-order valence-electron chi connectivity index (χ0n) is 15.4. The molecule has 9 heteroatoms. The van der Waals surface area contributed by atoms with Gasteiger partial charge < -0.3 is 4.74 Å². The van der Waals surface area contributed by atoms with E-state index in [4.69, 9.17) is 4.74 Å². The minimum Gasteiger partial charge on any atom is -0.467 e. The molecule has 1 N–H and O–H groups in total. The maximum absolute atomic E-state index is 12.8. The first kappa shape index (κ1) is 18.2. The molecule has 8 nitrogen and oxygen atoms in total. The van der Waals surface area contributed by atoms with Gasteiger partial charge in [0.2, 0.25) is 0 Å². The van der Waals surface area contributed by atoms with E-state index in [2.05, 4.69) is 15.0 Å². The van der Waals surface area contributed by atoms with E-state index in [9.17, 15) is 9.59 Å². The van der Waals surface area contributed by atoms with Crippen molar-refractivity contribution >= 4 is 34.5 Å². The Morgan fingerprint density at radius 1 is 1.32 bits per heavy atom. The van der Waals surface area contributed by atoms with Crippen LogP contribution in [0, 0.1) is 6.92 Å². The molecule has 3 aromatic heterocycles. The highest BCUT2D eigenvalue weighted by molar-refractivity contribution is 7.98. The number of thioether (sulfide) groups is 1. The van der Waals surface area contributed by atoms with Crippen LogP contribution < -0.4 is 10.1 Å². The molecule has 0 saturated heterocycles. The number of aryl methyl sites for hydroxylation is 1. The molecule has 142 valence electrons. The maximum atomic E-state index is 12.8. The number of nitrogens with zero attached hydrogens (tertiary/aromatic N) is 4. The predicted octanol–water partition coefficient (Wildman–Crippen LogP) is 1.63. The molecule has 0 atom stereocenters. The van der Waals surface area contributed by atoms with Crippen molar-refractivity contribution in [2.24, 2.45) is 0 Å². The third kappa shape index (κ3) is 3.36. The minimum atomic E-state index is -0.401. The lowest BCUT2D eigenvalue weighted by molar-refractivity contribution is -0.671. The zero-order valence-corrected chi connectivity index (χ0v) is 16.2. The fourth-order valence-corrected chi connectivity index (χ4v) is 3.88. The van der Waals surface area contributed by atoms with Crippen LogP contribution in [0.5, 0.6) is 0 Å². The van der Waals surface area contributed by atoms with Gasteiger partial charge in [-0.15, -0.1) is 0 Å². The summed E-state index contributed by atoms with van der Waals surface area (Å²) in [4.78, 5) is 36.7. The summed E-state index contributed by atoms with van der Waals surface area (Å²) in [6.07, 6.45) is 1.70. The zero-order chi connectivity index (χ0) is 19.7. The molecule has 0 saturated carbocycles. The van der Waals surface area contributed by atoms with Crippen LogP contribution in [-0.2, 0) is 21.8 Å². The third-order valence-electron chi connectivity index (χ3n) is 4.35. The lowest BCUT2D eigenvalue weighted by Crippen LogP contribution is -2.46. The summed E-state index contributed by atoms with van der Waals surface area (Å²) in [7, 11) is 1.34. The number of carbonyl (C=O) groups excluding carboxylic acids is 1. The lowest BCUT2D eigenvalue weighted by atomic mass is 10.3. The van der Waals surface area contributed by atoms with E-state index in [1.54, 1.807) is 21.2 Å².